The largest absolute Gasteiger partial charge is 0.380 e. The molecule has 0 saturated heterocycles. The van der Waals surface area contributed by atoms with Gasteiger partial charge in [0.2, 0.25) is 0 Å². The molecule has 0 bridgehead atoms. The lowest BCUT2D eigenvalue weighted by Gasteiger charge is -2.20. The van der Waals surface area contributed by atoms with E-state index in [1.54, 1.807) is 0 Å². The Morgan fingerprint density at radius 3 is 2.52 bits per heavy atom. The summed E-state index contributed by atoms with van der Waals surface area (Å²) in [5.41, 5.74) is 0. The molecule has 0 aromatic heterocycles. The van der Waals surface area contributed by atoms with Crippen molar-refractivity contribution in [3.8, 4) is 0 Å². The second kappa shape index (κ2) is 10.9. The van der Waals surface area contributed by atoms with Crippen LogP contribution in [0.25, 0.3) is 0 Å². The van der Waals surface area contributed by atoms with Crippen molar-refractivity contribution in [1.29, 1.82) is 0 Å². The van der Waals surface area contributed by atoms with Crippen LogP contribution in [0.5, 0.6) is 0 Å². The first kappa shape index (κ1) is 18.2. The van der Waals surface area contributed by atoms with Crippen LogP contribution in [0.1, 0.15) is 40.0 Å². The molecule has 21 heavy (non-hydrogen) atoms. The number of hydrogen-bond donors (Lipinski definition) is 2. The van der Waals surface area contributed by atoms with Gasteiger partial charge in [0.15, 0.2) is 5.96 Å². The Bertz CT molecular complexity index is 290. The Morgan fingerprint density at radius 1 is 1.24 bits per heavy atom. The average molecular weight is 298 g/mol. The van der Waals surface area contributed by atoms with E-state index >= 15 is 0 Å². The van der Waals surface area contributed by atoms with E-state index in [1.807, 2.05) is 7.05 Å². The summed E-state index contributed by atoms with van der Waals surface area (Å²) in [6.45, 7) is 12.2. The van der Waals surface area contributed by atoms with Crippen LogP contribution < -0.4 is 10.6 Å². The summed E-state index contributed by atoms with van der Waals surface area (Å²) < 4.78 is 5.59. The number of rotatable bonds is 11. The van der Waals surface area contributed by atoms with Gasteiger partial charge < -0.3 is 15.4 Å². The van der Waals surface area contributed by atoms with E-state index in [0.717, 1.165) is 57.8 Å². The third kappa shape index (κ3) is 8.94. The minimum atomic E-state index is 0.709. The van der Waals surface area contributed by atoms with Crippen LogP contribution in [0.15, 0.2) is 4.99 Å². The van der Waals surface area contributed by atoms with E-state index in [4.69, 9.17) is 4.74 Å². The van der Waals surface area contributed by atoms with Gasteiger partial charge in [0, 0.05) is 39.3 Å². The highest BCUT2D eigenvalue weighted by atomic mass is 16.5. The maximum atomic E-state index is 5.59. The van der Waals surface area contributed by atoms with Crippen LogP contribution in [0, 0.1) is 5.92 Å². The van der Waals surface area contributed by atoms with Crippen LogP contribution in [-0.2, 0) is 4.74 Å². The van der Waals surface area contributed by atoms with Gasteiger partial charge in [0.1, 0.15) is 0 Å². The van der Waals surface area contributed by atoms with Crippen molar-refractivity contribution in [2.24, 2.45) is 10.9 Å². The van der Waals surface area contributed by atoms with Crippen molar-refractivity contribution in [2.45, 2.75) is 46.1 Å². The molecule has 0 aliphatic heterocycles. The standard InChI is InChI=1S/C16H34N4O/c1-5-20(15-6-7-15)11-9-18-16(17-4)19-10-13-21-12-8-14(2)3/h14-15H,5-13H2,1-4H3,(H2,17,18,19). The van der Waals surface area contributed by atoms with Crippen molar-refractivity contribution in [3.05, 3.63) is 0 Å². The highest BCUT2D eigenvalue weighted by Gasteiger charge is 2.27. The lowest BCUT2D eigenvalue weighted by molar-refractivity contribution is 0.128. The zero-order valence-corrected chi connectivity index (χ0v) is 14.3. The van der Waals surface area contributed by atoms with Gasteiger partial charge in [-0.25, -0.2) is 0 Å². The summed E-state index contributed by atoms with van der Waals surface area (Å²) in [5.74, 6) is 1.58. The number of guanidine groups is 1. The van der Waals surface area contributed by atoms with Gasteiger partial charge in [-0.1, -0.05) is 20.8 Å². The molecule has 1 aliphatic rings. The molecule has 0 heterocycles. The number of ether oxygens (including phenoxy) is 1. The van der Waals surface area contributed by atoms with Gasteiger partial charge in [-0.3, -0.25) is 9.89 Å². The van der Waals surface area contributed by atoms with Crippen LogP contribution in [0.4, 0.5) is 0 Å². The lowest BCUT2D eigenvalue weighted by Crippen LogP contribution is -2.43. The summed E-state index contributed by atoms with van der Waals surface area (Å²) in [7, 11) is 1.81. The zero-order valence-electron chi connectivity index (χ0n) is 14.3. The normalized spacial score (nSPS) is 15.8. The van der Waals surface area contributed by atoms with E-state index in [0.29, 0.717) is 5.92 Å². The molecule has 0 unspecified atom stereocenters. The van der Waals surface area contributed by atoms with Crippen LogP contribution in [-0.4, -0.2) is 63.3 Å². The predicted octanol–water partition coefficient (Wildman–Crippen LogP) is 1.70. The number of likely N-dealkylation sites (N-methyl/N-ethyl adjacent to an activating group) is 1. The fraction of sp³-hybridized carbons (Fsp3) is 0.938. The van der Waals surface area contributed by atoms with E-state index in [1.165, 1.54) is 12.8 Å². The van der Waals surface area contributed by atoms with E-state index in [2.05, 4.69) is 41.3 Å². The summed E-state index contributed by atoms with van der Waals surface area (Å²) in [4.78, 5) is 6.77. The van der Waals surface area contributed by atoms with Gasteiger partial charge in [0.05, 0.1) is 6.61 Å². The van der Waals surface area contributed by atoms with Crippen LogP contribution in [0.3, 0.4) is 0 Å². The zero-order chi connectivity index (χ0) is 15.5. The number of hydrogen-bond acceptors (Lipinski definition) is 3. The first-order chi connectivity index (χ1) is 10.2. The number of nitrogens with one attached hydrogen (secondary N) is 2. The van der Waals surface area contributed by atoms with Gasteiger partial charge in [-0.2, -0.15) is 0 Å². The van der Waals surface area contributed by atoms with Gasteiger partial charge in [-0.15, -0.1) is 0 Å². The molecule has 0 amide bonds. The molecular formula is C16H34N4O. The maximum Gasteiger partial charge on any atom is 0.191 e. The second-order valence-electron chi connectivity index (χ2n) is 6.08. The lowest BCUT2D eigenvalue weighted by atomic mass is 10.1. The van der Waals surface area contributed by atoms with Crippen LogP contribution >= 0.6 is 0 Å². The maximum absolute atomic E-state index is 5.59. The van der Waals surface area contributed by atoms with Crippen molar-refractivity contribution in [2.75, 3.05) is 46.4 Å². The SMILES string of the molecule is CCN(CCNC(=NC)NCCOCCC(C)C)C1CC1. The monoisotopic (exact) mass is 298 g/mol. The number of aliphatic imine (C=N–C) groups is 1. The molecule has 1 rings (SSSR count). The molecule has 1 fully saturated rings. The molecule has 0 atom stereocenters. The molecule has 124 valence electrons. The van der Waals surface area contributed by atoms with Crippen molar-refractivity contribution < 1.29 is 4.74 Å². The predicted molar refractivity (Wildman–Crippen MR) is 89.9 cm³/mol. The van der Waals surface area contributed by atoms with Crippen molar-refractivity contribution in [3.63, 3.8) is 0 Å². The topological polar surface area (TPSA) is 48.9 Å². The Hall–Kier alpha value is -0.810. The van der Waals surface area contributed by atoms with Crippen molar-refractivity contribution >= 4 is 5.96 Å². The first-order valence-corrected chi connectivity index (χ1v) is 8.43. The Balaban J connectivity index is 2.01. The molecule has 2 N–H and O–H groups in total. The summed E-state index contributed by atoms with van der Waals surface area (Å²) in [5, 5.41) is 6.66. The first-order valence-electron chi connectivity index (χ1n) is 8.43. The van der Waals surface area contributed by atoms with E-state index in [-0.39, 0.29) is 0 Å². The Morgan fingerprint density at radius 2 is 1.95 bits per heavy atom. The average Bonchev–Trinajstić information content (AvgIpc) is 3.29. The Kier molecular flexibility index (Phi) is 9.42. The highest BCUT2D eigenvalue weighted by molar-refractivity contribution is 5.79. The van der Waals surface area contributed by atoms with Crippen molar-refractivity contribution in [1.82, 2.24) is 15.5 Å². The highest BCUT2D eigenvalue weighted by Crippen LogP contribution is 2.25. The Labute approximate surface area is 130 Å². The minimum Gasteiger partial charge on any atom is -0.380 e. The van der Waals surface area contributed by atoms with Gasteiger partial charge in [-0.05, 0) is 31.7 Å². The molecule has 5 nitrogen and oxygen atoms in total. The summed E-state index contributed by atoms with van der Waals surface area (Å²) in [6, 6.07) is 0.834. The fourth-order valence-electron chi connectivity index (χ4n) is 2.24. The summed E-state index contributed by atoms with van der Waals surface area (Å²) >= 11 is 0. The molecule has 0 radical (unpaired) electrons. The fourth-order valence-corrected chi connectivity index (χ4v) is 2.24. The number of nitrogens with zero attached hydrogens (tertiary/aromatic N) is 2. The second-order valence-corrected chi connectivity index (χ2v) is 6.08. The van der Waals surface area contributed by atoms with Gasteiger partial charge in [0.25, 0.3) is 0 Å². The molecule has 1 saturated carbocycles. The molecular weight excluding hydrogens is 264 g/mol. The minimum absolute atomic E-state index is 0.709. The third-order valence-corrected chi connectivity index (χ3v) is 3.76. The molecule has 0 aromatic carbocycles. The molecule has 5 heteroatoms. The smallest absolute Gasteiger partial charge is 0.191 e. The van der Waals surface area contributed by atoms with E-state index in [9.17, 15) is 0 Å². The molecule has 0 aromatic rings. The molecule has 1 aliphatic carbocycles. The van der Waals surface area contributed by atoms with Gasteiger partial charge >= 0.3 is 0 Å². The van der Waals surface area contributed by atoms with Crippen LogP contribution in [0.2, 0.25) is 0 Å². The van der Waals surface area contributed by atoms with E-state index < -0.39 is 0 Å². The quantitative estimate of drug-likeness (QED) is 0.346. The third-order valence-electron chi connectivity index (χ3n) is 3.76. The molecule has 0 spiro atoms. The summed E-state index contributed by atoms with van der Waals surface area (Å²) in [6.07, 6.45) is 3.87.